The van der Waals surface area contributed by atoms with Crippen LogP contribution >= 0.6 is 0 Å². The van der Waals surface area contributed by atoms with Crippen molar-refractivity contribution in [3.8, 4) is 0 Å². The predicted molar refractivity (Wildman–Crippen MR) is 129 cm³/mol. The highest BCUT2D eigenvalue weighted by atomic mass is 16.3. The number of piperidine rings is 1. The van der Waals surface area contributed by atoms with E-state index in [9.17, 15) is 14.7 Å². The molecule has 0 radical (unpaired) electrons. The smallest absolute Gasteiger partial charge is 0.274 e. The number of amides is 2. The van der Waals surface area contributed by atoms with E-state index < -0.39 is 17.6 Å². The summed E-state index contributed by atoms with van der Waals surface area (Å²) in [7, 11) is 0. The van der Waals surface area contributed by atoms with E-state index in [4.69, 9.17) is 0 Å². The highest BCUT2D eigenvalue weighted by Crippen LogP contribution is 2.51. The second-order valence-electron chi connectivity index (χ2n) is 9.25. The molecule has 1 aliphatic carbocycles. The fourth-order valence-electron chi connectivity index (χ4n) is 5.61. The molecule has 3 heterocycles. The van der Waals surface area contributed by atoms with Gasteiger partial charge in [0.15, 0.2) is 11.3 Å². The molecule has 8 nitrogen and oxygen atoms in total. The molecule has 2 N–H and O–H groups in total. The number of aliphatic hydroxyl groups is 1. The number of aliphatic hydroxyl groups excluding tert-OH is 1. The highest BCUT2D eigenvalue weighted by molar-refractivity contribution is 5.95. The molecule has 1 saturated heterocycles. The first kappa shape index (κ1) is 21.5. The predicted octanol–water partition coefficient (Wildman–Crippen LogP) is 2.75. The Balaban J connectivity index is 1.23. The third-order valence-electron chi connectivity index (χ3n) is 7.43. The van der Waals surface area contributed by atoms with E-state index in [2.05, 4.69) is 15.4 Å². The van der Waals surface area contributed by atoms with E-state index in [1.165, 1.54) is 0 Å². The summed E-state index contributed by atoms with van der Waals surface area (Å²) >= 11 is 0. The van der Waals surface area contributed by atoms with Crippen molar-refractivity contribution in [2.24, 2.45) is 0 Å². The van der Waals surface area contributed by atoms with Gasteiger partial charge in [0.25, 0.3) is 11.8 Å². The third kappa shape index (κ3) is 3.49. The Morgan fingerprint density at radius 3 is 2.51 bits per heavy atom. The lowest BCUT2D eigenvalue weighted by atomic mass is 9.72. The number of rotatable bonds is 3. The molecule has 2 amide bonds. The topological polar surface area (TPSA) is 99.8 Å². The molecule has 8 heteroatoms. The Morgan fingerprint density at radius 2 is 1.74 bits per heavy atom. The van der Waals surface area contributed by atoms with E-state index >= 15 is 0 Å². The van der Waals surface area contributed by atoms with Gasteiger partial charge >= 0.3 is 0 Å². The molecule has 1 fully saturated rings. The third-order valence-corrected chi connectivity index (χ3v) is 7.43. The van der Waals surface area contributed by atoms with Crippen LogP contribution in [0.4, 0.5) is 0 Å². The van der Waals surface area contributed by atoms with Crippen LogP contribution in [-0.2, 0) is 5.41 Å². The van der Waals surface area contributed by atoms with Crippen molar-refractivity contribution in [2.45, 2.75) is 30.4 Å². The van der Waals surface area contributed by atoms with E-state index in [-0.39, 0.29) is 11.8 Å². The van der Waals surface area contributed by atoms with Crippen LogP contribution in [0, 0.1) is 0 Å². The molecule has 2 aromatic heterocycles. The van der Waals surface area contributed by atoms with Crippen LogP contribution in [0.25, 0.3) is 5.65 Å². The summed E-state index contributed by atoms with van der Waals surface area (Å²) in [6.45, 7) is 0.982. The molecule has 2 atom stereocenters. The Kier molecular flexibility index (Phi) is 5.11. The van der Waals surface area contributed by atoms with E-state index in [1.54, 1.807) is 46.1 Å². The molecule has 4 aromatic rings. The number of likely N-dealkylation sites (tertiary alicyclic amines) is 1. The molecule has 35 heavy (non-hydrogen) atoms. The summed E-state index contributed by atoms with van der Waals surface area (Å²) < 4.78 is 1.59. The summed E-state index contributed by atoms with van der Waals surface area (Å²) in [6, 6.07) is 19.9. The lowest BCUT2D eigenvalue weighted by molar-refractivity contribution is 0.0197. The van der Waals surface area contributed by atoms with Crippen LogP contribution < -0.4 is 5.32 Å². The first-order chi connectivity index (χ1) is 17.1. The number of benzene rings is 2. The van der Waals surface area contributed by atoms with Crippen molar-refractivity contribution in [3.05, 3.63) is 102 Å². The van der Waals surface area contributed by atoms with E-state index in [0.29, 0.717) is 42.8 Å². The van der Waals surface area contributed by atoms with Gasteiger partial charge in [-0.15, -0.1) is 0 Å². The van der Waals surface area contributed by atoms with Crippen LogP contribution in [-0.4, -0.2) is 55.6 Å². The van der Waals surface area contributed by atoms with Gasteiger partial charge in [0.05, 0.1) is 12.1 Å². The van der Waals surface area contributed by atoms with Crippen LogP contribution in [0.5, 0.6) is 0 Å². The second-order valence-corrected chi connectivity index (χ2v) is 9.25. The molecule has 6 rings (SSSR count). The lowest BCUT2D eigenvalue weighted by Crippen LogP contribution is -2.51. The molecule has 1 spiro atoms. The monoisotopic (exact) mass is 467 g/mol. The number of nitrogens with one attached hydrogen (secondary N) is 1. The van der Waals surface area contributed by atoms with Crippen molar-refractivity contribution in [3.63, 3.8) is 0 Å². The number of carbonyl (C=O) groups excluding carboxylic acids is 2. The number of nitrogens with zero attached hydrogens (tertiary/aromatic N) is 4. The van der Waals surface area contributed by atoms with Crippen LogP contribution in [0.3, 0.4) is 0 Å². The summed E-state index contributed by atoms with van der Waals surface area (Å²) in [5, 5.41) is 19.0. The van der Waals surface area contributed by atoms with Gasteiger partial charge in [-0.25, -0.2) is 9.50 Å². The van der Waals surface area contributed by atoms with Crippen molar-refractivity contribution in [1.29, 1.82) is 0 Å². The zero-order chi connectivity index (χ0) is 24.0. The standard InChI is InChI=1S/C27H25N5O3/c33-24-23(29-25(34)18-7-2-1-3-8-18)19-9-4-5-10-20(19)27(24)11-15-31(16-12-27)26(35)21-17-22-28-13-6-14-32(22)30-21/h1-10,13-14,17,23-24,33H,11-12,15-16H2,(H,29,34)/t23-,24+/m1/s1. The molecule has 2 aromatic carbocycles. The van der Waals surface area contributed by atoms with Gasteiger partial charge < -0.3 is 15.3 Å². The van der Waals surface area contributed by atoms with Gasteiger partial charge in [0.1, 0.15) is 0 Å². The Labute approximate surface area is 202 Å². The first-order valence-electron chi connectivity index (χ1n) is 11.8. The van der Waals surface area contributed by atoms with Gasteiger partial charge in [-0.1, -0.05) is 42.5 Å². The number of fused-ring (bicyclic) bond motifs is 3. The maximum absolute atomic E-state index is 13.2. The van der Waals surface area contributed by atoms with E-state index in [0.717, 1.165) is 11.1 Å². The summed E-state index contributed by atoms with van der Waals surface area (Å²) in [6.07, 6.45) is 3.84. The maximum Gasteiger partial charge on any atom is 0.274 e. The molecule has 0 unspecified atom stereocenters. The Hall–Kier alpha value is -4.04. The average molecular weight is 468 g/mol. The minimum atomic E-state index is -0.788. The Bertz CT molecular complexity index is 1380. The lowest BCUT2D eigenvalue weighted by Gasteiger charge is -2.42. The van der Waals surface area contributed by atoms with Crippen molar-refractivity contribution in [2.75, 3.05) is 13.1 Å². The van der Waals surface area contributed by atoms with Gasteiger partial charge in [-0.05, 0) is 42.2 Å². The number of hydrogen-bond acceptors (Lipinski definition) is 5. The molecule has 0 saturated carbocycles. The van der Waals surface area contributed by atoms with Crippen molar-refractivity contribution >= 4 is 17.5 Å². The minimum absolute atomic E-state index is 0.139. The maximum atomic E-state index is 13.2. The molecular formula is C27H25N5O3. The number of carbonyl (C=O) groups is 2. The van der Waals surface area contributed by atoms with Gasteiger partial charge in [-0.2, -0.15) is 5.10 Å². The first-order valence-corrected chi connectivity index (χ1v) is 11.8. The zero-order valence-corrected chi connectivity index (χ0v) is 19.0. The van der Waals surface area contributed by atoms with Crippen LogP contribution in [0.15, 0.2) is 79.1 Å². The number of hydrogen-bond donors (Lipinski definition) is 2. The molecule has 2 aliphatic rings. The summed E-state index contributed by atoms with van der Waals surface area (Å²) in [5.74, 6) is -0.352. The number of aromatic nitrogens is 3. The van der Waals surface area contributed by atoms with Crippen LogP contribution in [0.1, 0.15) is 50.9 Å². The van der Waals surface area contributed by atoms with E-state index in [1.807, 2.05) is 42.5 Å². The van der Waals surface area contributed by atoms with Gasteiger partial charge in [0, 0.05) is 42.5 Å². The minimum Gasteiger partial charge on any atom is -0.390 e. The summed E-state index contributed by atoms with van der Waals surface area (Å²) in [5.41, 5.74) is 3.01. The van der Waals surface area contributed by atoms with Crippen molar-refractivity contribution < 1.29 is 14.7 Å². The molecule has 1 aliphatic heterocycles. The summed E-state index contributed by atoms with van der Waals surface area (Å²) in [4.78, 5) is 32.1. The van der Waals surface area contributed by atoms with Gasteiger partial charge in [-0.3, -0.25) is 9.59 Å². The molecule has 176 valence electrons. The Morgan fingerprint density at radius 1 is 1.00 bits per heavy atom. The van der Waals surface area contributed by atoms with Crippen LogP contribution in [0.2, 0.25) is 0 Å². The fraction of sp³-hybridized carbons (Fsp3) is 0.259. The normalized spacial score (nSPS) is 20.7. The zero-order valence-electron chi connectivity index (χ0n) is 19.0. The average Bonchev–Trinajstić information content (AvgIpc) is 3.44. The molecular weight excluding hydrogens is 442 g/mol. The second kappa shape index (κ2) is 8.32. The molecule has 0 bridgehead atoms. The SMILES string of the molecule is O=C(N[C@@H]1c2ccccc2C2(CCN(C(=O)c3cc4ncccn4n3)CC2)[C@H]1O)c1ccccc1. The van der Waals surface area contributed by atoms with Gasteiger partial charge in [0.2, 0.25) is 0 Å². The van der Waals surface area contributed by atoms with Crippen molar-refractivity contribution in [1.82, 2.24) is 24.8 Å². The highest BCUT2D eigenvalue weighted by Gasteiger charge is 2.53. The quantitative estimate of drug-likeness (QED) is 0.483. The fourth-order valence-corrected chi connectivity index (χ4v) is 5.61. The largest absolute Gasteiger partial charge is 0.390 e.